The van der Waals surface area contributed by atoms with Gasteiger partial charge in [0.05, 0.1) is 17.4 Å². The number of anilines is 2. The van der Waals surface area contributed by atoms with Gasteiger partial charge in [-0.25, -0.2) is 9.78 Å². The molecule has 0 bridgehead atoms. The van der Waals surface area contributed by atoms with Crippen molar-refractivity contribution in [3.05, 3.63) is 47.4 Å². The molecule has 0 aliphatic rings. The predicted molar refractivity (Wildman–Crippen MR) is 71.9 cm³/mol. The van der Waals surface area contributed by atoms with Gasteiger partial charge in [0.25, 0.3) is 0 Å². The fraction of sp³-hybridized carbons (Fsp3) is 0.154. The van der Waals surface area contributed by atoms with E-state index in [9.17, 15) is 4.79 Å². The summed E-state index contributed by atoms with van der Waals surface area (Å²) in [7, 11) is 0. The maximum atomic E-state index is 10.9. The third-order valence-corrected chi connectivity index (χ3v) is 2.61. The summed E-state index contributed by atoms with van der Waals surface area (Å²) >= 11 is 0. The first-order chi connectivity index (χ1) is 9.06. The number of nitrogens with zero attached hydrogens (tertiary/aromatic N) is 2. The van der Waals surface area contributed by atoms with E-state index in [1.54, 1.807) is 6.20 Å². The zero-order valence-corrected chi connectivity index (χ0v) is 10.4. The van der Waals surface area contributed by atoms with E-state index >= 15 is 0 Å². The number of pyridine rings is 2. The predicted octanol–water partition coefficient (Wildman–Crippen LogP) is 1.68. The summed E-state index contributed by atoms with van der Waals surface area (Å²) in [5.74, 6) is -0.605. The minimum Gasteiger partial charge on any atom is -0.478 e. The maximum Gasteiger partial charge on any atom is 0.337 e. The van der Waals surface area contributed by atoms with E-state index < -0.39 is 5.97 Å². The first-order valence-corrected chi connectivity index (χ1v) is 5.70. The minimum absolute atomic E-state index is 0.0412. The van der Waals surface area contributed by atoms with Crippen molar-refractivity contribution in [3.63, 3.8) is 0 Å². The molecular weight excluding hydrogens is 244 g/mol. The van der Waals surface area contributed by atoms with Crippen LogP contribution in [0.5, 0.6) is 0 Å². The van der Waals surface area contributed by atoms with Crippen molar-refractivity contribution in [2.24, 2.45) is 0 Å². The lowest BCUT2D eigenvalue weighted by Crippen LogP contribution is -2.07. The van der Waals surface area contributed by atoms with Crippen molar-refractivity contribution in [1.82, 2.24) is 9.97 Å². The lowest BCUT2D eigenvalue weighted by molar-refractivity contribution is 0.0698. The van der Waals surface area contributed by atoms with Crippen molar-refractivity contribution in [2.75, 3.05) is 11.1 Å². The highest BCUT2D eigenvalue weighted by Gasteiger charge is 2.09. The number of nitrogen functional groups attached to an aromatic ring is 1. The number of carboxylic acids is 1. The minimum atomic E-state index is -1.07. The highest BCUT2D eigenvalue weighted by Crippen LogP contribution is 2.15. The average Bonchev–Trinajstić information content (AvgIpc) is 2.39. The summed E-state index contributed by atoms with van der Waals surface area (Å²) in [6, 6.07) is 5.28. The van der Waals surface area contributed by atoms with Gasteiger partial charge in [0, 0.05) is 18.4 Å². The molecule has 6 nitrogen and oxygen atoms in total. The number of hydrogen-bond acceptors (Lipinski definition) is 5. The fourth-order valence-corrected chi connectivity index (χ4v) is 1.54. The van der Waals surface area contributed by atoms with Crippen LogP contribution in [0.4, 0.5) is 11.5 Å². The number of rotatable bonds is 4. The van der Waals surface area contributed by atoms with E-state index in [0.29, 0.717) is 12.4 Å². The van der Waals surface area contributed by atoms with Crippen LogP contribution < -0.4 is 11.1 Å². The summed E-state index contributed by atoms with van der Waals surface area (Å²) in [6.45, 7) is 2.43. The molecule has 4 N–H and O–H groups in total. The molecule has 98 valence electrons. The molecule has 0 amide bonds. The van der Waals surface area contributed by atoms with Crippen molar-refractivity contribution in [1.29, 1.82) is 0 Å². The van der Waals surface area contributed by atoms with E-state index in [4.69, 9.17) is 10.8 Å². The molecule has 2 rings (SSSR count). The standard InChI is InChI=1S/C13H14N4O2/c1-8-2-3-9(5-15-8)6-16-12-4-10(13(18)19)11(14)7-17-12/h2-5,7H,6,14H2,1H3,(H,16,17)(H,18,19). The Morgan fingerprint density at radius 1 is 1.37 bits per heavy atom. The number of aryl methyl sites for hydroxylation is 1. The molecule has 0 saturated carbocycles. The number of nitrogens with one attached hydrogen (secondary N) is 1. The molecule has 0 spiro atoms. The molecule has 2 aromatic rings. The number of carboxylic acid groups (broad SMARTS) is 1. The Labute approximate surface area is 110 Å². The summed E-state index contributed by atoms with van der Waals surface area (Å²) < 4.78 is 0. The Bertz CT molecular complexity index is 596. The smallest absolute Gasteiger partial charge is 0.337 e. The monoisotopic (exact) mass is 258 g/mol. The van der Waals surface area contributed by atoms with Crippen molar-refractivity contribution < 1.29 is 9.90 Å². The van der Waals surface area contributed by atoms with Crippen molar-refractivity contribution >= 4 is 17.5 Å². The van der Waals surface area contributed by atoms with Crippen molar-refractivity contribution in [3.8, 4) is 0 Å². The van der Waals surface area contributed by atoms with Gasteiger partial charge >= 0.3 is 5.97 Å². The van der Waals surface area contributed by atoms with Gasteiger partial charge < -0.3 is 16.2 Å². The van der Waals surface area contributed by atoms with Crippen LogP contribution in [0.25, 0.3) is 0 Å². The average molecular weight is 258 g/mol. The first-order valence-electron chi connectivity index (χ1n) is 5.70. The summed E-state index contributed by atoms with van der Waals surface area (Å²) in [4.78, 5) is 19.2. The van der Waals surface area contributed by atoms with Gasteiger partial charge in [-0.15, -0.1) is 0 Å². The van der Waals surface area contributed by atoms with Crippen LogP contribution in [-0.2, 0) is 6.54 Å². The van der Waals surface area contributed by atoms with Crippen LogP contribution in [0, 0.1) is 6.92 Å². The molecular formula is C13H14N4O2. The summed E-state index contributed by atoms with van der Waals surface area (Å²) in [5, 5.41) is 12.0. The fourth-order valence-electron chi connectivity index (χ4n) is 1.54. The van der Waals surface area contributed by atoms with Crippen LogP contribution >= 0.6 is 0 Å². The molecule has 0 unspecified atom stereocenters. The molecule has 2 aromatic heterocycles. The third-order valence-electron chi connectivity index (χ3n) is 2.61. The highest BCUT2D eigenvalue weighted by atomic mass is 16.4. The molecule has 0 saturated heterocycles. The molecule has 0 aliphatic heterocycles. The van der Waals surface area contributed by atoms with E-state index in [2.05, 4.69) is 15.3 Å². The van der Waals surface area contributed by atoms with Crippen LogP contribution in [0.2, 0.25) is 0 Å². The van der Waals surface area contributed by atoms with E-state index in [1.165, 1.54) is 12.3 Å². The van der Waals surface area contributed by atoms with Gasteiger partial charge in [-0.1, -0.05) is 6.07 Å². The SMILES string of the molecule is Cc1ccc(CNc2cc(C(=O)O)c(N)cn2)cn1. The Morgan fingerprint density at radius 2 is 2.16 bits per heavy atom. The number of nitrogens with two attached hydrogens (primary N) is 1. The topological polar surface area (TPSA) is 101 Å². The Kier molecular flexibility index (Phi) is 3.61. The van der Waals surface area contributed by atoms with Crippen LogP contribution in [0.15, 0.2) is 30.6 Å². The van der Waals surface area contributed by atoms with Crippen molar-refractivity contribution in [2.45, 2.75) is 13.5 Å². The molecule has 2 heterocycles. The second-order valence-electron chi connectivity index (χ2n) is 4.12. The first kappa shape index (κ1) is 12.8. The van der Waals surface area contributed by atoms with E-state index in [0.717, 1.165) is 11.3 Å². The normalized spacial score (nSPS) is 10.2. The molecule has 19 heavy (non-hydrogen) atoms. The van der Waals surface area contributed by atoms with Gasteiger partial charge in [-0.2, -0.15) is 0 Å². The number of aromatic carboxylic acids is 1. The molecule has 6 heteroatoms. The lowest BCUT2D eigenvalue weighted by Gasteiger charge is -2.07. The van der Waals surface area contributed by atoms with Gasteiger partial charge in [-0.05, 0) is 24.6 Å². The number of aromatic nitrogens is 2. The molecule has 0 aromatic carbocycles. The largest absolute Gasteiger partial charge is 0.478 e. The van der Waals surface area contributed by atoms with E-state index in [-0.39, 0.29) is 11.3 Å². The van der Waals surface area contributed by atoms with E-state index in [1.807, 2.05) is 19.1 Å². The quantitative estimate of drug-likeness (QED) is 0.771. The second-order valence-corrected chi connectivity index (χ2v) is 4.12. The Morgan fingerprint density at radius 3 is 2.79 bits per heavy atom. The molecule has 0 radical (unpaired) electrons. The van der Waals surface area contributed by atoms with Crippen LogP contribution in [0.3, 0.4) is 0 Å². The summed E-state index contributed by atoms with van der Waals surface area (Å²) in [6.07, 6.45) is 3.09. The highest BCUT2D eigenvalue weighted by molar-refractivity contribution is 5.94. The zero-order chi connectivity index (χ0) is 13.8. The molecule has 0 atom stereocenters. The second kappa shape index (κ2) is 5.34. The van der Waals surface area contributed by atoms with Crippen LogP contribution in [0.1, 0.15) is 21.6 Å². The Hall–Kier alpha value is -2.63. The van der Waals surface area contributed by atoms with Gasteiger partial charge in [0.1, 0.15) is 5.82 Å². The Balaban J connectivity index is 2.09. The number of hydrogen-bond donors (Lipinski definition) is 3. The van der Waals surface area contributed by atoms with Gasteiger partial charge in [0.2, 0.25) is 0 Å². The van der Waals surface area contributed by atoms with Gasteiger partial charge in [0.15, 0.2) is 0 Å². The summed E-state index contributed by atoms with van der Waals surface area (Å²) in [5.41, 5.74) is 7.66. The van der Waals surface area contributed by atoms with Gasteiger partial charge in [-0.3, -0.25) is 4.98 Å². The maximum absolute atomic E-state index is 10.9. The zero-order valence-electron chi connectivity index (χ0n) is 10.4. The van der Waals surface area contributed by atoms with Crippen LogP contribution in [-0.4, -0.2) is 21.0 Å². The molecule has 0 fully saturated rings. The third kappa shape index (κ3) is 3.19. The molecule has 0 aliphatic carbocycles. The lowest BCUT2D eigenvalue weighted by atomic mass is 10.2. The number of carbonyl (C=O) groups is 1.